The Morgan fingerprint density at radius 3 is 2.79 bits per heavy atom. The summed E-state index contributed by atoms with van der Waals surface area (Å²) in [5, 5.41) is 15.1. The number of hydrogen-bond donors (Lipinski definition) is 1. The van der Waals surface area contributed by atoms with Crippen molar-refractivity contribution in [1.29, 1.82) is 0 Å². The Balaban J connectivity index is 1.72. The van der Waals surface area contributed by atoms with Crippen molar-refractivity contribution < 1.29 is 23.7 Å². The quantitative estimate of drug-likeness (QED) is 0.196. The lowest BCUT2D eigenvalue weighted by Gasteiger charge is -2.04. The molecule has 0 spiro atoms. The van der Waals surface area contributed by atoms with Crippen LogP contribution in [0.5, 0.6) is 5.75 Å². The molecule has 10 nitrogen and oxygen atoms in total. The number of carbonyl (C=O) groups is 2. The van der Waals surface area contributed by atoms with Gasteiger partial charge in [0.05, 0.1) is 23.0 Å². The topological polar surface area (TPSA) is 137 Å². The van der Waals surface area contributed by atoms with E-state index in [2.05, 4.69) is 31.4 Å². The number of aromatic nitrogens is 1. The largest absolute Gasteiger partial charge is 0.457 e. The van der Waals surface area contributed by atoms with Crippen LogP contribution in [-0.4, -0.2) is 28.0 Å². The molecule has 2 aromatic heterocycles. The van der Waals surface area contributed by atoms with Crippen LogP contribution >= 0.6 is 15.9 Å². The van der Waals surface area contributed by atoms with Gasteiger partial charge in [-0.2, -0.15) is 5.10 Å². The predicted octanol–water partition coefficient (Wildman–Crippen LogP) is 3.33. The van der Waals surface area contributed by atoms with Gasteiger partial charge in [0.1, 0.15) is 0 Å². The molecule has 0 bridgehead atoms. The molecule has 0 fully saturated rings. The summed E-state index contributed by atoms with van der Waals surface area (Å²) in [6.45, 7) is 0. The number of nitrogens with one attached hydrogen (secondary N) is 1. The fourth-order valence-electron chi connectivity index (χ4n) is 2.15. The van der Waals surface area contributed by atoms with E-state index in [4.69, 9.17) is 9.15 Å². The number of esters is 1. The average molecular weight is 459 g/mol. The Hall–Kier alpha value is -3.86. The van der Waals surface area contributed by atoms with Gasteiger partial charge in [-0.05, 0) is 46.3 Å². The van der Waals surface area contributed by atoms with Crippen molar-refractivity contribution in [2.24, 2.45) is 5.10 Å². The van der Waals surface area contributed by atoms with Crippen LogP contribution in [0.1, 0.15) is 26.5 Å². The van der Waals surface area contributed by atoms with Crippen molar-refractivity contribution in [2.45, 2.75) is 0 Å². The second-order valence-electron chi connectivity index (χ2n) is 5.44. The lowest BCUT2D eigenvalue weighted by atomic mass is 10.2. The van der Waals surface area contributed by atoms with Gasteiger partial charge in [-0.1, -0.05) is 0 Å². The Morgan fingerprint density at radius 2 is 2.10 bits per heavy atom. The van der Waals surface area contributed by atoms with E-state index in [0.717, 1.165) is 6.07 Å². The van der Waals surface area contributed by atoms with Gasteiger partial charge < -0.3 is 9.15 Å². The predicted molar refractivity (Wildman–Crippen MR) is 104 cm³/mol. The zero-order valence-electron chi connectivity index (χ0n) is 14.4. The van der Waals surface area contributed by atoms with Crippen LogP contribution in [0.2, 0.25) is 0 Å². The van der Waals surface area contributed by atoms with Gasteiger partial charge >= 0.3 is 11.7 Å². The maximum absolute atomic E-state index is 12.0. The number of furan rings is 1. The number of benzene rings is 1. The van der Waals surface area contributed by atoms with Crippen molar-refractivity contribution in [3.8, 4) is 5.75 Å². The van der Waals surface area contributed by atoms with Crippen LogP contribution in [0.4, 0.5) is 5.69 Å². The number of rotatable bonds is 6. The molecule has 0 unspecified atom stereocenters. The fourth-order valence-corrected chi connectivity index (χ4v) is 2.52. The summed E-state index contributed by atoms with van der Waals surface area (Å²) in [5.74, 6) is -1.71. The molecular weight excluding hydrogens is 448 g/mol. The molecule has 1 aromatic carbocycles. The van der Waals surface area contributed by atoms with E-state index in [0.29, 0.717) is 10.0 Å². The normalized spacial score (nSPS) is 10.7. The molecule has 1 amide bonds. The molecule has 0 aliphatic carbocycles. The molecule has 3 rings (SSSR count). The smallest absolute Gasteiger partial charge is 0.379 e. The van der Waals surface area contributed by atoms with Crippen molar-refractivity contribution in [1.82, 2.24) is 10.4 Å². The number of nitrogens with zero attached hydrogens (tertiary/aromatic N) is 3. The minimum atomic E-state index is -0.866. The molecule has 0 aliphatic rings. The number of hydrogen-bond acceptors (Lipinski definition) is 8. The number of carbonyl (C=O) groups excluding carboxylic acids is 2. The van der Waals surface area contributed by atoms with E-state index in [-0.39, 0.29) is 17.1 Å². The Bertz CT molecular complexity index is 1100. The van der Waals surface area contributed by atoms with Crippen molar-refractivity contribution in [3.05, 3.63) is 86.5 Å². The minimum Gasteiger partial charge on any atom is -0.457 e. The van der Waals surface area contributed by atoms with Gasteiger partial charge in [-0.25, -0.2) is 10.2 Å². The number of pyridine rings is 1. The van der Waals surface area contributed by atoms with E-state index in [1.807, 2.05) is 0 Å². The monoisotopic (exact) mass is 458 g/mol. The maximum Gasteiger partial charge on any atom is 0.379 e. The van der Waals surface area contributed by atoms with Crippen LogP contribution in [0.15, 0.2) is 69.0 Å². The number of halogens is 1. The fraction of sp³-hybridized carbons (Fsp3) is 0. The van der Waals surface area contributed by atoms with Crippen LogP contribution in [-0.2, 0) is 0 Å². The summed E-state index contributed by atoms with van der Waals surface area (Å²) in [6, 6.07) is 8.27. The molecule has 29 heavy (non-hydrogen) atoms. The summed E-state index contributed by atoms with van der Waals surface area (Å²) in [5.41, 5.74) is 2.43. The van der Waals surface area contributed by atoms with E-state index < -0.39 is 22.5 Å². The second-order valence-corrected chi connectivity index (χ2v) is 6.36. The molecule has 0 saturated carbocycles. The highest BCUT2D eigenvalue weighted by Crippen LogP contribution is 2.28. The second kappa shape index (κ2) is 8.89. The molecule has 0 aliphatic heterocycles. The Morgan fingerprint density at radius 1 is 1.28 bits per heavy atom. The summed E-state index contributed by atoms with van der Waals surface area (Å²) in [7, 11) is 0. The molecule has 2 heterocycles. The molecule has 0 saturated heterocycles. The van der Waals surface area contributed by atoms with Gasteiger partial charge in [0.2, 0.25) is 11.5 Å². The standard InChI is InChI=1S/C18H11BrN4O6/c19-13-7-12(9-20-10-13)17(24)22-21-8-11-3-4-15(14(6-11)23(26)27)29-18(25)16-2-1-5-28-16/h1-10H,(H,22,24)/b21-8-. The zero-order valence-corrected chi connectivity index (χ0v) is 16.0. The van der Waals surface area contributed by atoms with Crippen LogP contribution in [0.25, 0.3) is 0 Å². The van der Waals surface area contributed by atoms with Gasteiger partial charge in [0.25, 0.3) is 5.91 Å². The lowest BCUT2D eigenvalue weighted by molar-refractivity contribution is -0.385. The third kappa shape index (κ3) is 5.11. The summed E-state index contributed by atoms with van der Waals surface area (Å²) in [4.78, 5) is 38.4. The number of hydrazone groups is 1. The lowest BCUT2D eigenvalue weighted by Crippen LogP contribution is -2.17. The van der Waals surface area contributed by atoms with Gasteiger partial charge in [0.15, 0.2) is 0 Å². The Labute approximate surface area is 171 Å². The van der Waals surface area contributed by atoms with Gasteiger partial charge in [-0.3, -0.25) is 19.9 Å². The van der Waals surface area contributed by atoms with E-state index in [9.17, 15) is 19.7 Å². The number of nitro benzene ring substituents is 1. The summed E-state index contributed by atoms with van der Waals surface area (Å²) in [6.07, 6.45) is 5.39. The number of nitro groups is 1. The molecule has 0 atom stereocenters. The van der Waals surface area contributed by atoms with Crippen molar-refractivity contribution in [3.63, 3.8) is 0 Å². The van der Waals surface area contributed by atoms with E-state index in [1.54, 1.807) is 6.07 Å². The van der Waals surface area contributed by atoms with Crippen LogP contribution < -0.4 is 10.2 Å². The third-order valence-electron chi connectivity index (χ3n) is 3.45. The SMILES string of the molecule is O=C(N/N=C\c1ccc(OC(=O)c2ccco2)c([N+](=O)[O-])c1)c1cncc(Br)c1. The number of amides is 1. The highest BCUT2D eigenvalue weighted by molar-refractivity contribution is 9.10. The zero-order chi connectivity index (χ0) is 20.8. The van der Waals surface area contributed by atoms with Crippen molar-refractivity contribution >= 4 is 39.7 Å². The molecular formula is C18H11BrN4O6. The van der Waals surface area contributed by atoms with E-state index in [1.165, 1.54) is 49.1 Å². The first-order valence-electron chi connectivity index (χ1n) is 7.92. The summed E-state index contributed by atoms with van der Waals surface area (Å²) < 4.78 is 10.5. The highest BCUT2D eigenvalue weighted by Gasteiger charge is 2.20. The van der Waals surface area contributed by atoms with Crippen LogP contribution in [0.3, 0.4) is 0 Å². The van der Waals surface area contributed by atoms with Gasteiger partial charge in [-0.15, -0.1) is 0 Å². The van der Waals surface area contributed by atoms with Crippen LogP contribution in [0, 0.1) is 10.1 Å². The van der Waals surface area contributed by atoms with Gasteiger partial charge in [0, 0.05) is 28.5 Å². The summed E-state index contributed by atoms with van der Waals surface area (Å²) >= 11 is 3.21. The molecule has 146 valence electrons. The van der Waals surface area contributed by atoms with E-state index >= 15 is 0 Å². The number of ether oxygens (including phenoxy) is 1. The highest BCUT2D eigenvalue weighted by atomic mass is 79.9. The first-order chi connectivity index (χ1) is 13.9. The minimum absolute atomic E-state index is 0.0883. The molecule has 11 heteroatoms. The average Bonchev–Trinajstić information content (AvgIpc) is 3.23. The molecule has 3 aromatic rings. The molecule has 1 N–H and O–H groups in total. The first-order valence-corrected chi connectivity index (χ1v) is 8.71. The first kappa shape index (κ1) is 19.9. The Kier molecular flexibility index (Phi) is 6.09. The third-order valence-corrected chi connectivity index (χ3v) is 3.89. The van der Waals surface area contributed by atoms with Crippen molar-refractivity contribution in [2.75, 3.05) is 0 Å². The maximum atomic E-state index is 12.0. The molecule has 0 radical (unpaired) electrons.